The fourth-order valence-electron chi connectivity index (χ4n) is 5.25. The topological polar surface area (TPSA) is 212 Å². The molecule has 0 saturated carbocycles. The van der Waals surface area contributed by atoms with Gasteiger partial charge in [-0.15, -0.1) is 0 Å². The Morgan fingerprint density at radius 3 is 1.23 bits per heavy atom. The van der Waals surface area contributed by atoms with E-state index in [-0.39, 0.29) is 11.8 Å². The number of nitrogens with zero attached hydrogens (tertiary/aromatic N) is 6. The van der Waals surface area contributed by atoms with Gasteiger partial charge in [-0.25, -0.2) is 0 Å². The van der Waals surface area contributed by atoms with Gasteiger partial charge >= 0.3 is 91.6 Å². The van der Waals surface area contributed by atoms with E-state index >= 15 is 0 Å². The Balaban J connectivity index is 0.000000870. The Morgan fingerprint density at radius 2 is 0.939 bits per heavy atom. The van der Waals surface area contributed by atoms with Crippen LogP contribution in [0, 0.1) is 0 Å². The maximum atomic E-state index is 11.9. The van der Waals surface area contributed by atoms with Gasteiger partial charge in [-0.3, -0.25) is 19.6 Å². The summed E-state index contributed by atoms with van der Waals surface area (Å²) in [7, 11) is 7.19. The van der Waals surface area contributed by atoms with Crippen LogP contribution < -0.4 is 15.7 Å². The number of hydrogen-bond acceptors (Lipinski definition) is 6. The number of hydrogen-bond donors (Lipinski definition) is 4. The molecule has 0 aliphatic carbocycles. The van der Waals surface area contributed by atoms with E-state index in [0.29, 0.717) is 37.1 Å². The third-order valence-corrected chi connectivity index (χ3v) is 8.34. The number of carboxylic acids is 1. The first kappa shape index (κ1) is 63.4. The van der Waals surface area contributed by atoms with Gasteiger partial charge in [0, 0.05) is 72.1 Å². The fraction of sp³-hybridized carbons (Fsp3) is 0.341. The van der Waals surface area contributed by atoms with Crippen molar-refractivity contribution >= 4 is 97.6 Å². The molecule has 14 nitrogen and oxygen atoms in total. The van der Waals surface area contributed by atoms with Crippen molar-refractivity contribution in [2.45, 2.75) is 31.9 Å². The van der Waals surface area contributed by atoms with E-state index in [4.69, 9.17) is 9.90 Å². The molecule has 0 radical (unpaired) electrons. The Labute approximate surface area is 436 Å². The number of aromatic nitrogens is 4. The monoisotopic (exact) mass is 1610 g/mol. The van der Waals surface area contributed by atoms with Crippen molar-refractivity contribution in [1.29, 1.82) is 0 Å². The number of carbonyl (C=O) groups is 3. The molecule has 6 aromatic rings. The Hall–Kier alpha value is -2.57. The summed E-state index contributed by atoms with van der Waals surface area (Å²) in [6.45, 7) is 4.78. The van der Waals surface area contributed by atoms with Crippen molar-refractivity contribution in [3.05, 3.63) is 153 Å². The number of para-hydroxylation sites is 2. The Bertz CT molecular complexity index is 2000. The van der Waals surface area contributed by atoms with Gasteiger partial charge in [-0.2, -0.15) is 67.5 Å². The van der Waals surface area contributed by atoms with Gasteiger partial charge < -0.3 is 51.8 Å². The molecule has 0 saturated heterocycles. The minimum absolute atomic E-state index is 0.0426. The normalized spacial score (nSPS) is 10.1. The van der Waals surface area contributed by atoms with E-state index in [0.717, 1.165) is 61.2 Å². The van der Waals surface area contributed by atoms with Crippen LogP contribution in [-0.4, -0.2) is 111 Å². The number of aliphatic carboxylic acids is 1. The quantitative estimate of drug-likeness (QED) is 0.0549. The molecule has 2 amide bonds. The predicted molar refractivity (Wildman–Crippen MR) is 276 cm³/mol. The molecule has 0 spiro atoms. The van der Waals surface area contributed by atoms with E-state index in [2.05, 4.69) is 150 Å². The summed E-state index contributed by atoms with van der Waals surface area (Å²) >= 11 is 9.53. The number of benzene rings is 2. The zero-order chi connectivity index (χ0) is 49.4. The van der Waals surface area contributed by atoms with Crippen LogP contribution in [-0.2, 0) is 67.4 Å². The number of rotatable bonds is 16. The average molecular weight is 1610 g/mol. The summed E-state index contributed by atoms with van der Waals surface area (Å²) < 4.78 is 31.5. The number of H-pyrrole nitrogens is 2. The standard InChI is InChI=1S/2C17H17N3O.2C4H10N2.C2HF3O2.3HI.2Pt/c2*21-17(11-13-5-8-18-9-6-13)19-10-7-14-12-20-16-4-2-1-3-15(14)16;2*1-5-3-4-6-2;3-2(4,5)1(6)7;;;;;/h2*1-6,8-9,12,20H,7,10-11H2,(H,19,21);2*3-4H2,1-2H3;(H,6,7);3*1H;;/q;;2*-2;;;;;+1;+4/p-4. The summed E-state index contributed by atoms with van der Waals surface area (Å²) in [5.74, 6) is -2.92. The van der Waals surface area contributed by atoms with Gasteiger partial charge in [0.25, 0.3) is 0 Å². The number of likely N-dealkylation sites (N-methyl/N-ethyl adjacent to an activating group) is 4. The van der Waals surface area contributed by atoms with Crippen molar-refractivity contribution in [2.24, 2.45) is 0 Å². The number of amides is 2. The Kier molecular flexibility index (Phi) is 39.8. The number of carboxylic acid groups (broad SMARTS) is 1. The molecular formula is C44H54F3I3N10O4Pt2-3. The number of aromatic amines is 2. The molecule has 4 N–H and O–H groups in total. The summed E-state index contributed by atoms with van der Waals surface area (Å²) in [6, 6.07) is 23.8. The van der Waals surface area contributed by atoms with Crippen LogP contribution in [0.3, 0.4) is 0 Å². The molecule has 0 aliphatic rings. The molecule has 369 valence electrons. The van der Waals surface area contributed by atoms with Crippen molar-refractivity contribution in [3.63, 3.8) is 0 Å². The molecule has 0 atom stereocenters. The predicted octanol–water partition coefficient (Wildman–Crippen LogP) is 8.87. The molecule has 6 rings (SSSR count). The number of pyridine rings is 2. The number of carbonyl (C=O) groups excluding carboxylic acids is 3. The van der Waals surface area contributed by atoms with Crippen LogP contribution in [0.25, 0.3) is 43.1 Å². The minimum atomic E-state index is -5.19. The van der Waals surface area contributed by atoms with E-state index in [1.54, 1.807) is 53.0 Å². The zero-order valence-corrected chi connectivity index (χ0v) is 47.7. The van der Waals surface area contributed by atoms with Gasteiger partial charge in [-0.1, -0.05) is 36.4 Å². The van der Waals surface area contributed by atoms with Crippen LogP contribution in [0.1, 0.15) is 22.3 Å². The van der Waals surface area contributed by atoms with Crippen molar-refractivity contribution in [2.75, 3.05) is 67.5 Å². The molecule has 0 unspecified atom stereocenters. The van der Waals surface area contributed by atoms with Crippen molar-refractivity contribution < 1.29 is 60.0 Å². The second-order valence-corrected chi connectivity index (χ2v) is 29.6. The van der Waals surface area contributed by atoms with E-state index in [1.165, 1.54) is 21.9 Å². The first-order valence-electron chi connectivity index (χ1n) is 19.7. The first-order valence-corrected chi connectivity index (χ1v) is 39.0. The summed E-state index contributed by atoms with van der Waals surface area (Å²) in [6.07, 6.45) is 8.09. The van der Waals surface area contributed by atoms with Crippen molar-refractivity contribution in [1.82, 2.24) is 30.6 Å². The van der Waals surface area contributed by atoms with E-state index < -0.39 is 12.1 Å². The summed E-state index contributed by atoms with van der Waals surface area (Å²) in [5, 5.41) is 32.5. The summed E-state index contributed by atoms with van der Waals surface area (Å²) in [5.41, 5.74) is 6.69. The SMILES string of the molecule is C[N-]CC[N-]C.C[N-]CC[N-]C.O=C(Cc1ccncc1)NCCc1c[nH]c2ccccc12.O=C(Cc1ccncc1)NCCc1c[nH]c2ccccc12.O=C([O-])C(F)(F)F.[I][Pt+2][I].[I][Pt]. The van der Waals surface area contributed by atoms with Crippen LogP contribution in [0.15, 0.2) is 110 Å². The maximum absolute atomic E-state index is 11.9. The molecule has 4 aromatic heterocycles. The molecule has 0 bridgehead atoms. The Morgan fingerprint density at radius 1 is 0.636 bits per heavy atom. The van der Waals surface area contributed by atoms with Crippen LogP contribution in [0.5, 0.6) is 0 Å². The van der Waals surface area contributed by atoms with Gasteiger partial charge in [-0.05, 0) is 71.5 Å². The second kappa shape index (κ2) is 41.4. The van der Waals surface area contributed by atoms with Crippen molar-refractivity contribution in [3.8, 4) is 0 Å². The molecule has 0 fully saturated rings. The van der Waals surface area contributed by atoms with Crippen LogP contribution >= 0.6 is 58.1 Å². The molecule has 66 heavy (non-hydrogen) atoms. The second-order valence-electron chi connectivity index (χ2n) is 13.0. The van der Waals surface area contributed by atoms with E-state index in [9.17, 15) is 22.8 Å². The van der Waals surface area contributed by atoms with Gasteiger partial charge in [0.2, 0.25) is 11.8 Å². The van der Waals surface area contributed by atoms with Crippen LogP contribution in [0.4, 0.5) is 13.2 Å². The summed E-state index contributed by atoms with van der Waals surface area (Å²) in [4.78, 5) is 46.9. The van der Waals surface area contributed by atoms with E-state index in [1.807, 2.05) is 60.9 Å². The third kappa shape index (κ3) is 30.7. The van der Waals surface area contributed by atoms with Gasteiger partial charge in [0.15, 0.2) is 0 Å². The first-order chi connectivity index (χ1) is 31.8. The zero-order valence-electron chi connectivity index (χ0n) is 36.7. The molecule has 2 aromatic carbocycles. The average Bonchev–Trinajstić information content (AvgIpc) is 3.94. The third-order valence-electron chi connectivity index (χ3n) is 8.34. The van der Waals surface area contributed by atoms with Gasteiger partial charge in [0.05, 0.1) is 12.8 Å². The number of fused-ring (bicyclic) bond motifs is 2. The number of alkyl halides is 3. The molecule has 22 heteroatoms. The number of halogens is 6. The molecule has 0 aliphatic heterocycles. The van der Waals surface area contributed by atoms with Gasteiger partial charge in [0.1, 0.15) is 5.97 Å². The number of nitrogens with one attached hydrogen (secondary N) is 4. The van der Waals surface area contributed by atoms with Crippen LogP contribution in [0.2, 0.25) is 0 Å². The molecule has 4 heterocycles. The fourth-order valence-corrected chi connectivity index (χ4v) is 5.25. The molecular weight excluding hydrogens is 1560 g/mol.